The fourth-order valence-electron chi connectivity index (χ4n) is 5.60. The Morgan fingerprint density at radius 1 is 0.609 bits per heavy atom. The summed E-state index contributed by atoms with van der Waals surface area (Å²) in [5, 5.41) is 18.7. The number of hydrogen-bond acceptors (Lipinski definition) is 4. The molecule has 1 atom stereocenters. The zero-order chi connectivity index (χ0) is 31.6. The maximum Gasteiger partial charge on any atom is 0.335 e. The van der Waals surface area contributed by atoms with Crippen molar-refractivity contribution in [2.24, 2.45) is 5.92 Å². The standard InChI is InChI=1S/C38H28N4O4/c43-37(44)29-19-15-27(16-20-29)35-39-31(23-7-3-1-4-8-23)33(41-35)25-11-13-26(14-12-25)34-32(24-9-5-2-6-10-24)40-36(42-34)28-17-21-30(22-18-28)38(45)46/h1-21,30H,22H2,(H,39,41)(H,40,42)(H,43,44)(H,45,46). The predicted molar refractivity (Wildman–Crippen MR) is 178 cm³/mol. The Morgan fingerprint density at radius 3 is 1.59 bits per heavy atom. The van der Waals surface area contributed by atoms with Crippen molar-refractivity contribution in [2.45, 2.75) is 6.42 Å². The number of carboxylic acids is 2. The molecule has 1 unspecified atom stereocenters. The third kappa shape index (κ3) is 5.55. The molecule has 224 valence electrons. The van der Waals surface area contributed by atoms with E-state index in [0.717, 1.165) is 56.2 Å². The van der Waals surface area contributed by atoms with Gasteiger partial charge in [-0.05, 0) is 18.6 Å². The van der Waals surface area contributed by atoms with Crippen molar-refractivity contribution in [3.8, 4) is 56.4 Å². The van der Waals surface area contributed by atoms with E-state index in [2.05, 4.69) is 9.97 Å². The molecule has 0 fully saturated rings. The van der Waals surface area contributed by atoms with Crippen LogP contribution in [0.15, 0.2) is 127 Å². The van der Waals surface area contributed by atoms with Crippen molar-refractivity contribution >= 4 is 17.5 Å². The molecule has 1 aliphatic rings. The van der Waals surface area contributed by atoms with Crippen molar-refractivity contribution in [3.05, 3.63) is 139 Å². The second-order valence-electron chi connectivity index (χ2n) is 11.0. The zero-order valence-electron chi connectivity index (χ0n) is 24.5. The van der Waals surface area contributed by atoms with E-state index < -0.39 is 17.9 Å². The van der Waals surface area contributed by atoms with Gasteiger partial charge in [0.05, 0.1) is 34.3 Å². The minimum absolute atomic E-state index is 0.214. The molecule has 4 N–H and O–H groups in total. The Bertz CT molecular complexity index is 2110. The summed E-state index contributed by atoms with van der Waals surface area (Å²) in [5.41, 5.74) is 8.91. The quantitative estimate of drug-likeness (QED) is 0.138. The van der Waals surface area contributed by atoms with E-state index in [1.807, 2.05) is 97.1 Å². The number of allylic oxidation sites excluding steroid dienone is 3. The molecule has 8 heteroatoms. The highest BCUT2D eigenvalue weighted by atomic mass is 16.4. The lowest BCUT2D eigenvalue weighted by molar-refractivity contribution is -0.139. The van der Waals surface area contributed by atoms with E-state index in [1.54, 1.807) is 30.3 Å². The number of aromatic nitrogens is 4. The minimum Gasteiger partial charge on any atom is -0.481 e. The Hall–Kier alpha value is -6.28. The van der Waals surface area contributed by atoms with Crippen LogP contribution in [0.3, 0.4) is 0 Å². The van der Waals surface area contributed by atoms with Crippen LogP contribution in [0.25, 0.3) is 62.0 Å². The Balaban J connectivity index is 1.28. The van der Waals surface area contributed by atoms with Crippen LogP contribution in [0.2, 0.25) is 0 Å². The van der Waals surface area contributed by atoms with Gasteiger partial charge in [-0.1, -0.05) is 115 Å². The fraction of sp³-hybridized carbons (Fsp3) is 0.0526. The molecule has 0 radical (unpaired) electrons. The SMILES string of the molecule is O=C(O)c1ccc(-c2nc(-c3ccc(-c4nc(C5=CCC(C(=O)O)C=C5)[nH]c4-c4ccccc4)cc3)c(-c3ccccc3)[nH]2)cc1. The highest BCUT2D eigenvalue weighted by Gasteiger charge is 2.21. The third-order valence-corrected chi connectivity index (χ3v) is 8.06. The van der Waals surface area contributed by atoms with E-state index in [4.69, 9.17) is 9.97 Å². The lowest BCUT2D eigenvalue weighted by atomic mass is 9.97. The number of rotatable bonds is 8. The van der Waals surface area contributed by atoms with Crippen molar-refractivity contribution in [2.75, 3.05) is 0 Å². The van der Waals surface area contributed by atoms with E-state index in [9.17, 15) is 19.8 Å². The first-order valence-corrected chi connectivity index (χ1v) is 14.8. The van der Waals surface area contributed by atoms with Crippen LogP contribution in [0.5, 0.6) is 0 Å². The first-order valence-electron chi connectivity index (χ1n) is 14.8. The van der Waals surface area contributed by atoms with Crippen LogP contribution in [0.4, 0.5) is 0 Å². The van der Waals surface area contributed by atoms with Crippen LogP contribution >= 0.6 is 0 Å². The van der Waals surface area contributed by atoms with Crippen LogP contribution in [-0.4, -0.2) is 42.1 Å². The highest BCUT2D eigenvalue weighted by molar-refractivity contribution is 5.89. The van der Waals surface area contributed by atoms with Gasteiger partial charge in [0, 0.05) is 33.4 Å². The first kappa shape index (κ1) is 28.5. The van der Waals surface area contributed by atoms with E-state index in [0.29, 0.717) is 18.1 Å². The molecule has 0 bridgehead atoms. The number of carbonyl (C=O) groups is 2. The molecule has 46 heavy (non-hydrogen) atoms. The predicted octanol–water partition coefficient (Wildman–Crippen LogP) is 8.21. The summed E-state index contributed by atoms with van der Waals surface area (Å²) >= 11 is 0. The maximum atomic E-state index is 11.4. The molecule has 1 aliphatic carbocycles. The van der Waals surface area contributed by atoms with E-state index >= 15 is 0 Å². The summed E-state index contributed by atoms with van der Waals surface area (Å²) in [7, 11) is 0. The van der Waals surface area contributed by atoms with Gasteiger partial charge in [0.1, 0.15) is 11.6 Å². The number of nitrogens with one attached hydrogen (secondary N) is 2. The average Bonchev–Trinajstić information content (AvgIpc) is 3.76. The van der Waals surface area contributed by atoms with Gasteiger partial charge in [-0.15, -0.1) is 0 Å². The van der Waals surface area contributed by atoms with Crippen molar-refractivity contribution in [1.29, 1.82) is 0 Å². The molecule has 2 heterocycles. The molecule has 0 saturated heterocycles. The van der Waals surface area contributed by atoms with Gasteiger partial charge in [0.2, 0.25) is 0 Å². The molecule has 4 aromatic carbocycles. The smallest absolute Gasteiger partial charge is 0.335 e. The number of H-pyrrole nitrogens is 2. The summed E-state index contributed by atoms with van der Waals surface area (Å²) in [5.74, 6) is -1.04. The lowest BCUT2D eigenvalue weighted by Crippen LogP contribution is -2.12. The minimum atomic E-state index is -0.977. The highest BCUT2D eigenvalue weighted by Crippen LogP contribution is 2.37. The molecule has 0 amide bonds. The molecule has 0 aliphatic heterocycles. The number of imidazole rings is 2. The molecule has 2 aromatic heterocycles. The van der Waals surface area contributed by atoms with Gasteiger partial charge >= 0.3 is 11.9 Å². The summed E-state index contributed by atoms with van der Waals surface area (Å²) < 4.78 is 0. The van der Waals surface area contributed by atoms with Crippen LogP contribution in [0.1, 0.15) is 22.6 Å². The summed E-state index contributed by atoms with van der Waals surface area (Å²) in [6.45, 7) is 0. The molecular weight excluding hydrogens is 576 g/mol. The van der Waals surface area contributed by atoms with Gasteiger partial charge in [0.15, 0.2) is 0 Å². The lowest BCUT2D eigenvalue weighted by Gasteiger charge is -2.10. The first-order chi connectivity index (χ1) is 22.4. The monoisotopic (exact) mass is 604 g/mol. The number of aromatic amines is 2. The zero-order valence-corrected chi connectivity index (χ0v) is 24.5. The van der Waals surface area contributed by atoms with Crippen molar-refractivity contribution < 1.29 is 19.8 Å². The second-order valence-corrected chi connectivity index (χ2v) is 11.0. The number of hydrogen-bond donors (Lipinski definition) is 4. The Kier molecular flexibility index (Phi) is 7.44. The van der Waals surface area contributed by atoms with Gasteiger partial charge in [-0.25, -0.2) is 14.8 Å². The second kappa shape index (κ2) is 12.0. The molecule has 0 spiro atoms. The summed E-state index contributed by atoms with van der Waals surface area (Å²) in [6.07, 6.45) is 5.85. The fourth-order valence-corrected chi connectivity index (χ4v) is 5.60. The number of aromatic carboxylic acids is 1. The average molecular weight is 605 g/mol. The maximum absolute atomic E-state index is 11.4. The van der Waals surface area contributed by atoms with Crippen molar-refractivity contribution in [1.82, 2.24) is 19.9 Å². The number of aliphatic carboxylic acids is 1. The topological polar surface area (TPSA) is 132 Å². The summed E-state index contributed by atoms with van der Waals surface area (Å²) in [6, 6.07) is 34.7. The van der Waals surface area contributed by atoms with Crippen LogP contribution in [0, 0.1) is 5.92 Å². The Labute approximate surface area is 264 Å². The number of nitrogens with zero attached hydrogens (tertiary/aromatic N) is 2. The molecular formula is C38H28N4O4. The van der Waals surface area contributed by atoms with E-state index in [-0.39, 0.29) is 5.56 Å². The molecule has 6 aromatic rings. The molecule has 8 nitrogen and oxygen atoms in total. The Morgan fingerprint density at radius 2 is 1.11 bits per heavy atom. The van der Waals surface area contributed by atoms with Crippen LogP contribution < -0.4 is 0 Å². The van der Waals surface area contributed by atoms with E-state index in [1.165, 1.54) is 0 Å². The number of carboxylic acid groups (broad SMARTS) is 2. The third-order valence-electron chi connectivity index (χ3n) is 8.06. The van der Waals surface area contributed by atoms with Gasteiger partial charge in [-0.3, -0.25) is 4.79 Å². The summed E-state index contributed by atoms with van der Waals surface area (Å²) in [4.78, 5) is 39.7. The largest absolute Gasteiger partial charge is 0.481 e. The molecule has 0 saturated carbocycles. The number of benzene rings is 4. The van der Waals surface area contributed by atoms with Gasteiger partial charge in [-0.2, -0.15) is 0 Å². The normalized spacial score (nSPS) is 14.2. The van der Waals surface area contributed by atoms with Gasteiger partial charge < -0.3 is 20.2 Å². The van der Waals surface area contributed by atoms with Crippen LogP contribution in [-0.2, 0) is 4.79 Å². The molecule has 7 rings (SSSR count). The van der Waals surface area contributed by atoms with Crippen molar-refractivity contribution in [3.63, 3.8) is 0 Å². The van der Waals surface area contributed by atoms with Gasteiger partial charge in [0.25, 0.3) is 0 Å².